The highest BCUT2D eigenvalue weighted by atomic mass is 16.4. The molecule has 0 aliphatic heterocycles. The molecule has 2 aromatic rings. The summed E-state index contributed by atoms with van der Waals surface area (Å²) in [6.45, 7) is 10.0. The zero-order chi connectivity index (χ0) is 28.3. The number of carbonyl (C=O) groups is 2. The Labute approximate surface area is 222 Å². The van der Waals surface area contributed by atoms with Gasteiger partial charge in [-0.1, -0.05) is 55.5 Å². The van der Waals surface area contributed by atoms with Crippen LogP contribution in [0.2, 0.25) is 0 Å². The highest BCUT2D eigenvalue weighted by molar-refractivity contribution is 6.09. The van der Waals surface area contributed by atoms with Gasteiger partial charge in [0.1, 0.15) is 0 Å². The number of carbonyl (C=O) groups excluding carboxylic acids is 2. The highest BCUT2D eigenvalue weighted by Crippen LogP contribution is 2.18. The molecule has 202 valence electrons. The summed E-state index contributed by atoms with van der Waals surface area (Å²) in [5.74, 6) is -0.0832. The van der Waals surface area contributed by atoms with Gasteiger partial charge in [0.2, 0.25) is 0 Å². The monoisotopic (exact) mass is 509 g/mol. The Morgan fingerprint density at radius 2 is 1.46 bits per heavy atom. The number of aliphatic imine (C=N–C) groups is 1. The standard InChI is InChI=1S/C16H14O3.C13H29N5/c1-11(16(18)19)13-8-5-9-14(10-13)15(17)12-6-3-2-4-7-12;1-10(2)14-12(18(9)11(3)4)15-13(16(5)6)17(7)8/h2-11H,1H3,(H,18,19);10-11H,1-9H3. The fourth-order valence-corrected chi connectivity index (χ4v) is 3.27. The molecule has 0 radical (unpaired) electrons. The molecule has 0 aliphatic carbocycles. The third kappa shape index (κ3) is 10.1. The molecule has 0 aromatic heterocycles. The number of aliphatic carboxylic acids is 1. The Kier molecular flexibility index (Phi) is 12.5. The number of hydrogen-bond acceptors (Lipinski definition) is 4. The lowest BCUT2D eigenvalue weighted by Gasteiger charge is -2.25. The molecule has 8 heteroatoms. The minimum atomic E-state index is -1.15. The van der Waals surface area contributed by atoms with Gasteiger partial charge in [0, 0.05) is 42.1 Å². The van der Waals surface area contributed by atoms with Crippen LogP contribution in [0, 0.1) is 0 Å². The van der Waals surface area contributed by atoms with Crippen LogP contribution < -0.4 is 10.4 Å². The Morgan fingerprint density at radius 3 is 1.92 bits per heavy atom. The van der Waals surface area contributed by atoms with E-state index < -0.39 is 11.9 Å². The van der Waals surface area contributed by atoms with E-state index in [-0.39, 0.29) is 11.8 Å². The maximum Gasteiger partial charge on any atom is 0.354 e. The van der Waals surface area contributed by atoms with Crippen LogP contribution in [0.1, 0.15) is 62.0 Å². The number of nitrogens with one attached hydrogen (secondary N) is 1. The minimum absolute atomic E-state index is 0.118. The summed E-state index contributed by atoms with van der Waals surface area (Å²) < 4.78 is 2.05. The van der Waals surface area contributed by atoms with Crippen LogP contribution in [0.3, 0.4) is 0 Å². The van der Waals surface area contributed by atoms with E-state index >= 15 is 0 Å². The van der Waals surface area contributed by atoms with Gasteiger partial charge in [-0.25, -0.2) is 10.3 Å². The van der Waals surface area contributed by atoms with Crippen molar-refractivity contribution in [2.24, 2.45) is 4.99 Å². The molecule has 0 amide bonds. The van der Waals surface area contributed by atoms with Crippen molar-refractivity contribution >= 4 is 23.7 Å². The van der Waals surface area contributed by atoms with Gasteiger partial charge >= 0.3 is 5.96 Å². The molecule has 1 N–H and O–H groups in total. The van der Waals surface area contributed by atoms with Gasteiger partial charge in [-0.2, -0.15) is 0 Å². The summed E-state index contributed by atoms with van der Waals surface area (Å²) in [6, 6.07) is 16.2. The molecule has 37 heavy (non-hydrogen) atoms. The maximum atomic E-state index is 12.2. The van der Waals surface area contributed by atoms with Gasteiger partial charge in [-0.05, 0) is 39.3 Å². The molecule has 2 aromatic carbocycles. The smallest absolute Gasteiger partial charge is 0.354 e. The normalized spacial score (nSPS) is 11.8. The SMILES string of the molecule is CC(C(=O)[O-])c1cccc(C(=O)c2ccccc2)c1.CC(C)N=C(NC(N(C)C)=[N+](C)C)N(C)C(C)C. The van der Waals surface area contributed by atoms with Crippen molar-refractivity contribution in [1.82, 2.24) is 15.1 Å². The Balaban J connectivity index is 0.000000371. The summed E-state index contributed by atoms with van der Waals surface area (Å²) in [7, 11) is 10.1. The van der Waals surface area contributed by atoms with Gasteiger partial charge in [-0.3, -0.25) is 14.3 Å². The first-order chi connectivity index (χ1) is 17.3. The van der Waals surface area contributed by atoms with Crippen LogP contribution in [0.25, 0.3) is 0 Å². The van der Waals surface area contributed by atoms with E-state index in [1.165, 1.54) is 0 Å². The first-order valence-electron chi connectivity index (χ1n) is 12.5. The lowest BCUT2D eigenvalue weighted by atomic mass is 9.96. The fourth-order valence-electron chi connectivity index (χ4n) is 3.27. The van der Waals surface area contributed by atoms with Gasteiger partial charge in [0.05, 0.1) is 28.2 Å². The molecule has 0 aliphatic rings. The Bertz CT molecular complexity index is 1090. The first kappa shape index (κ1) is 31.4. The predicted octanol–water partition coefficient (Wildman–Crippen LogP) is 2.64. The van der Waals surface area contributed by atoms with Crippen LogP contribution in [0.15, 0.2) is 59.6 Å². The number of nitrogens with zero attached hydrogens (tertiary/aromatic N) is 4. The number of hydrogen-bond donors (Lipinski definition) is 1. The molecule has 0 saturated carbocycles. The Hall–Kier alpha value is -3.68. The molecule has 1 atom stereocenters. The Morgan fingerprint density at radius 1 is 0.892 bits per heavy atom. The largest absolute Gasteiger partial charge is 0.550 e. The number of ketones is 1. The number of rotatable bonds is 6. The molecule has 0 spiro atoms. The van der Waals surface area contributed by atoms with E-state index in [2.05, 4.69) is 50.0 Å². The van der Waals surface area contributed by atoms with E-state index in [1.807, 2.05) is 43.7 Å². The van der Waals surface area contributed by atoms with E-state index in [0.717, 1.165) is 11.9 Å². The summed E-state index contributed by atoms with van der Waals surface area (Å²) in [5.41, 5.74) is 1.64. The highest BCUT2D eigenvalue weighted by Gasteiger charge is 2.20. The second-order valence-corrected chi connectivity index (χ2v) is 9.85. The van der Waals surface area contributed by atoms with E-state index in [0.29, 0.717) is 22.7 Å². The first-order valence-corrected chi connectivity index (χ1v) is 12.5. The average Bonchev–Trinajstić information content (AvgIpc) is 2.85. The third-order valence-electron chi connectivity index (χ3n) is 5.60. The topological polar surface area (TPSA) is 91.1 Å². The molecule has 0 bridgehead atoms. The number of carboxylic acids is 1. The van der Waals surface area contributed by atoms with E-state index in [9.17, 15) is 14.7 Å². The zero-order valence-electron chi connectivity index (χ0n) is 23.9. The third-order valence-corrected chi connectivity index (χ3v) is 5.60. The maximum absolute atomic E-state index is 12.2. The van der Waals surface area contributed by atoms with Crippen molar-refractivity contribution < 1.29 is 19.3 Å². The quantitative estimate of drug-likeness (QED) is 0.279. The number of guanidine groups is 2. The minimum Gasteiger partial charge on any atom is -0.550 e. The second kappa shape index (κ2) is 14.8. The molecule has 0 heterocycles. The van der Waals surface area contributed by atoms with Crippen molar-refractivity contribution in [3.63, 3.8) is 0 Å². The molecule has 0 fully saturated rings. The van der Waals surface area contributed by atoms with Gasteiger partial charge in [0.25, 0.3) is 5.96 Å². The molecule has 2 rings (SSSR count). The van der Waals surface area contributed by atoms with Crippen molar-refractivity contribution in [2.45, 2.75) is 52.6 Å². The van der Waals surface area contributed by atoms with Crippen LogP contribution in [-0.4, -0.2) is 85.4 Å². The summed E-state index contributed by atoms with van der Waals surface area (Å²) in [5, 5.41) is 14.3. The fraction of sp³-hybridized carbons (Fsp3) is 0.448. The molecule has 0 saturated heterocycles. The summed E-state index contributed by atoms with van der Waals surface area (Å²) in [4.78, 5) is 31.9. The predicted molar refractivity (Wildman–Crippen MR) is 149 cm³/mol. The van der Waals surface area contributed by atoms with E-state index in [1.54, 1.807) is 55.5 Å². The molecular formula is C29H43N5O3. The van der Waals surface area contributed by atoms with Crippen molar-refractivity contribution in [1.29, 1.82) is 0 Å². The van der Waals surface area contributed by atoms with Crippen molar-refractivity contribution in [2.75, 3.05) is 35.2 Å². The van der Waals surface area contributed by atoms with Crippen LogP contribution >= 0.6 is 0 Å². The van der Waals surface area contributed by atoms with Crippen LogP contribution in [0.5, 0.6) is 0 Å². The summed E-state index contributed by atoms with van der Waals surface area (Å²) >= 11 is 0. The molecule has 8 nitrogen and oxygen atoms in total. The van der Waals surface area contributed by atoms with E-state index in [4.69, 9.17) is 0 Å². The second-order valence-electron chi connectivity index (χ2n) is 9.85. The summed E-state index contributed by atoms with van der Waals surface area (Å²) in [6.07, 6.45) is 0. The lowest BCUT2D eigenvalue weighted by Crippen LogP contribution is -2.52. The van der Waals surface area contributed by atoms with Gasteiger partial charge in [-0.15, -0.1) is 0 Å². The van der Waals surface area contributed by atoms with Crippen LogP contribution in [0.4, 0.5) is 0 Å². The van der Waals surface area contributed by atoms with Crippen molar-refractivity contribution in [3.05, 3.63) is 71.3 Å². The number of carboxylic acid groups (broad SMARTS) is 1. The van der Waals surface area contributed by atoms with Gasteiger partial charge < -0.3 is 14.8 Å². The molecule has 1 unspecified atom stereocenters. The van der Waals surface area contributed by atoms with Gasteiger partial charge in [0.15, 0.2) is 5.78 Å². The lowest BCUT2D eigenvalue weighted by molar-refractivity contribution is -0.471. The molecular weight excluding hydrogens is 466 g/mol. The zero-order valence-corrected chi connectivity index (χ0v) is 23.9. The average molecular weight is 510 g/mol. The van der Waals surface area contributed by atoms with Crippen molar-refractivity contribution in [3.8, 4) is 0 Å². The number of benzene rings is 2. The van der Waals surface area contributed by atoms with Crippen LogP contribution in [-0.2, 0) is 4.79 Å².